The summed E-state index contributed by atoms with van der Waals surface area (Å²) in [6, 6.07) is 8.33. The Morgan fingerprint density at radius 2 is 2.00 bits per heavy atom. The minimum Gasteiger partial charge on any atom is -0.383 e. The summed E-state index contributed by atoms with van der Waals surface area (Å²) in [6.07, 6.45) is 1.67. The molecule has 6 nitrogen and oxygen atoms in total. The molecule has 24 heavy (non-hydrogen) atoms. The second-order valence-electron chi connectivity index (χ2n) is 5.85. The van der Waals surface area contributed by atoms with Crippen molar-refractivity contribution in [1.29, 1.82) is 0 Å². The summed E-state index contributed by atoms with van der Waals surface area (Å²) in [7, 11) is 1.68. The largest absolute Gasteiger partial charge is 0.383 e. The molecule has 2 N–H and O–H groups in total. The highest BCUT2D eigenvalue weighted by molar-refractivity contribution is 5.79. The maximum atomic E-state index is 11.7. The fraction of sp³-hybridized carbons (Fsp3) is 0.556. The molecule has 0 radical (unpaired) electrons. The van der Waals surface area contributed by atoms with Crippen molar-refractivity contribution in [3.05, 3.63) is 35.4 Å². The quantitative estimate of drug-likeness (QED) is 0.430. The summed E-state index contributed by atoms with van der Waals surface area (Å²) >= 11 is 0. The van der Waals surface area contributed by atoms with Crippen LogP contribution in [0.2, 0.25) is 0 Å². The number of methoxy groups -OCH3 is 1. The number of carbonyl (C=O) groups is 1. The van der Waals surface area contributed by atoms with E-state index in [1.54, 1.807) is 7.11 Å². The summed E-state index contributed by atoms with van der Waals surface area (Å²) in [4.78, 5) is 18.2. The Kier molecular flexibility index (Phi) is 7.55. The summed E-state index contributed by atoms with van der Waals surface area (Å²) in [5.41, 5.74) is 2.32. The molecular formula is C18H28N4O2. The fourth-order valence-electron chi connectivity index (χ4n) is 2.63. The van der Waals surface area contributed by atoms with Crippen LogP contribution in [0.5, 0.6) is 0 Å². The molecule has 0 bridgehead atoms. The van der Waals surface area contributed by atoms with E-state index in [0.717, 1.165) is 37.6 Å². The van der Waals surface area contributed by atoms with E-state index in [4.69, 9.17) is 4.74 Å². The zero-order valence-electron chi connectivity index (χ0n) is 14.7. The average Bonchev–Trinajstić information content (AvgIpc) is 2.99. The molecule has 1 aliphatic heterocycles. The molecule has 1 heterocycles. The number of aliphatic imine (C=N–C) groups is 1. The molecule has 1 fully saturated rings. The summed E-state index contributed by atoms with van der Waals surface area (Å²) in [5.74, 6) is 1.06. The Morgan fingerprint density at radius 3 is 2.62 bits per heavy atom. The normalized spacial score (nSPS) is 15.0. The topological polar surface area (TPSA) is 66.0 Å². The Bertz CT molecular complexity index is 542. The summed E-state index contributed by atoms with van der Waals surface area (Å²) < 4.78 is 5.04. The van der Waals surface area contributed by atoms with Gasteiger partial charge in [0.25, 0.3) is 0 Å². The van der Waals surface area contributed by atoms with Crippen LogP contribution in [0.3, 0.4) is 0 Å². The van der Waals surface area contributed by atoms with Crippen molar-refractivity contribution in [2.45, 2.75) is 32.9 Å². The monoisotopic (exact) mass is 332 g/mol. The first-order chi connectivity index (χ1) is 11.7. The Labute approximate surface area is 144 Å². The highest BCUT2D eigenvalue weighted by Gasteiger charge is 2.19. The van der Waals surface area contributed by atoms with Gasteiger partial charge in [0.2, 0.25) is 5.91 Å². The van der Waals surface area contributed by atoms with Crippen LogP contribution in [-0.2, 0) is 22.6 Å². The van der Waals surface area contributed by atoms with E-state index >= 15 is 0 Å². The number of rotatable bonds is 8. The highest BCUT2D eigenvalue weighted by Crippen LogP contribution is 2.15. The van der Waals surface area contributed by atoms with Gasteiger partial charge in [-0.3, -0.25) is 4.79 Å². The van der Waals surface area contributed by atoms with Crippen molar-refractivity contribution in [3.8, 4) is 0 Å². The third kappa shape index (κ3) is 5.85. The van der Waals surface area contributed by atoms with E-state index in [9.17, 15) is 4.79 Å². The van der Waals surface area contributed by atoms with E-state index in [2.05, 4.69) is 39.9 Å². The first-order valence-corrected chi connectivity index (χ1v) is 8.59. The number of carbonyl (C=O) groups excluding carboxylic acids is 1. The van der Waals surface area contributed by atoms with Gasteiger partial charge in [-0.25, -0.2) is 4.99 Å². The van der Waals surface area contributed by atoms with E-state index in [0.29, 0.717) is 26.1 Å². The molecule has 132 valence electrons. The van der Waals surface area contributed by atoms with Crippen molar-refractivity contribution >= 4 is 11.9 Å². The number of benzene rings is 1. The van der Waals surface area contributed by atoms with E-state index in [1.165, 1.54) is 5.56 Å². The number of amides is 1. The molecule has 0 aliphatic carbocycles. The molecule has 1 saturated heterocycles. The molecule has 6 heteroatoms. The standard InChI is InChI=1S/C18H28N4O2/c1-3-19-18(20-10-12-24-2)21-13-15-6-8-16(9-7-15)14-22-11-4-5-17(22)23/h6-9H,3-5,10-14H2,1-2H3,(H2,19,20,21). The van der Waals surface area contributed by atoms with Crippen LogP contribution in [0.25, 0.3) is 0 Å². The predicted octanol–water partition coefficient (Wildman–Crippen LogP) is 1.51. The third-order valence-corrected chi connectivity index (χ3v) is 3.93. The SMILES string of the molecule is CCNC(=NCc1ccc(CN2CCCC2=O)cc1)NCCOC. The zero-order chi connectivity index (χ0) is 17.2. The molecule has 0 unspecified atom stereocenters. The van der Waals surface area contributed by atoms with Crippen LogP contribution < -0.4 is 10.6 Å². The predicted molar refractivity (Wildman–Crippen MR) is 95.8 cm³/mol. The number of hydrogen-bond donors (Lipinski definition) is 2. The molecule has 1 aliphatic rings. The highest BCUT2D eigenvalue weighted by atomic mass is 16.5. The van der Waals surface area contributed by atoms with Gasteiger partial charge in [-0.15, -0.1) is 0 Å². The number of ether oxygens (including phenoxy) is 1. The number of nitrogens with one attached hydrogen (secondary N) is 2. The molecule has 2 rings (SSSR count). The van der Waals surface area contributed by atoms with Gasteiger partial charge in [0.15, 0.2) is 5.96 Å². The Hall–Kier alpha value is -2.08. The smallest absolute Gasteiger partial charge is 0.222 e. The maximum Gasteiger partial charge on any atom is 0.222 e. The molecule has 0 saturated carbocycles. The van der Waals surface area contributed by atoms with Crippen molar-refractivity contribution < 1.29 is 9.53 Å². The summed E-state index contributed by atoms with van der Waals surface area (Å²) in [5, 5.41) is 6.44. The number of likely N-dealkylation sites (tertiary alicyclic amines) is 1. The van der Waals surface area contributed by atoms with E-state index < -0.39 is 0 Å². The van der Waals surface area contributed by atoms with Crippen LogP contribution in [-0.4, -0.2) is 50.1 Å². The second-order valence-corrected chi connectivity index (χ2v) is 5.85. The van der Waals surface area contributed by atoms with Crippen LogP contribution in [0.1, 0.15) is 30.9 Å². The minimum absolute atomic E-state index is 0.265. The number of hydrogen-bond acceptors (Lipinski definition) is 3. The van der Waals surface area contributed by atoms with Gasteiger partial charge in [0.05, 0.1) is 13.2 Å². The third-order valence-electron chi connectivity index (χ3n) is 3.93. The lowest BCUT2D eigenvalue weighted by atomic mass is 10.1. The van der Waals surface area contributed by atoms with E-state index in [1.807, 2.05) is 11.8 Å². The van der Waals surface area contributed by atoms with Crippen LogP contribution in [0.4, 0.5) is 0 Å². The van der Waals surface area contributed by atoms with Gasteiger partial charge in [0.1, 0.15) is 0 Å². The van der Waals surface area contributed by atoms with Gasteiger partial charge in [-0.2, -0.15) is 0 Å². The molecule has 0 aromatic heterocycles. The number of guanidine groups is 1. The second kappa shape index (κ2) is 9.93. The molecule has 1 aromatic rings. The van der Waals surface area contributed by atoms with E-state index in [-0.39, 0.29) is 5.91 Å². The maximum absolute atomic E-state index is 11.7. The molecule has 1 aromatic carbocycles. The Balaban J connectivity index is 1.87. The molecule has 0 atom stereocenters. The lowest BCUT2D eigenvalue weighted by Gasteiger charge is -2.15. The van der Waals surface area contributed by atoms with Crippen molar-refractivity contribution in [3.63, 3.8) is 0 Å². The summed E-state index contributed by atoms with van der Waals surface area (Å²) in [6.45, 7) is 6.45. The first kappa shape index (κ1) is 18.3. The molecule has 0 spiro atoms. The van der Waals surface area contributed by atoms with Crippen LogP contribution >= 0.6 is 0 Å². The Morgan fingerprint density at radius 1 is 1.25 bits per heavy atom. The van der Waals surface area contributed by atoms with Crippen LogP contribution in [0.15, 0.2) is 29.3 Å². The van der Waals surface area contributed by atoms with Gasteiger partial charge in [-0.05, 0) is 24.5 Å². The zero-order valence-corrected chi connectivity index (χ0v) is 14.7. The van der Waals surface area contributed by atoms with Gasteiger partial charge in [-0.1, -0.05) is 24.3 Å². The van der Waals surface area contributed by atoms with Crippen molar-refractivity contribution in [1.82, 2.24) is 15.5 Å². The lowest BCUT2D eigenvalue weighted by Crippen LogP contribution is -2.38. The van der Waals surface area contributed by atoms with Gasteiger partial charge >= 0.3 is 0 Å². The molecule has 1 amide bonds. The lowest BCUT2D eigenvalue weighted by molar-refractivity contribution is -0.128. The van der Waals surface area contributed by atoms with Crippen molar-refractivity contribution in [2.24, 2.45) is 4.99 Å². The minimum atomic E-state index is 0.265. The van der Waals surface area contributed by atoms with Gasteiger partial charge < -0.3 is 20.3 Å². The van der Waals surface area contributed by atoms with Crippen molar-refractivity contribution in [2.75, 3.05) is 33.4 Å². The van der Waals surface area contributed by atoms with Gasteiger partial charge in [0, 0.05) is 39.7 Å². The number of nitrogens with zero attached hydrogens (tertiary/aromatic N) is 2. The molecular weight excluding hydrogens is 304 g/mol. The fourth-order valence-corrected chi connectivity index (χ4v) is 2.63. The van der Waals surface area contributed by atoms with Crippen LogP contribution in [0, 0.1) is 0 Å². The average molecular weight is 332 g/mol. The first-order valence-electron chi connectivity index (χ1n) is 8.59.